The van der Waals surface area contributed by atoms with Gasteiger partial charge in [0.25, 0.3) is 5.56 Å². The van der Waals surface area contributed by atoms with Crippen molar-refractivity contribution >= 4 is 27.6 Å². The van der Waals surface area contributed by atoms with E-state index in [4.69, 9.17) is 0 Å². The Hall–Kier alpha value is -1.50. The van der Waals surface area contributed by atoms with Crippen molar-refractivity contribution in [3.63, 3.8) is 0 Å². The first-order chi connectivity index (χ1) is 10.4. The van der Waals surface area contributed by atoms with Gasteiger partial charge >= 0.3 is 0 Å². The van der Waals surface area contributed by atoms with Gasteiger partial charge in [-0.25, -0.2) is 4.98 Å². The van der Waals surface area contributed by atoms with Crippen LogP contribution < -0.4 is 10.9 Å². The van der Waals surface area contributed by atoms with Crippen LogP contribution in [-0.4, -0.2) is 9.38 Å². The van der Waals surface area contributed by atoms with Gasteiger partial charge in [-0.15, -0.1) is 22.7 Å². The maximum Gasteiger partial charge on any atom is 0.258 e. The van der Waals surface area contributed by atoms with E-state index in [1.54, 1.807) is 28.0 Å². The lowest BCUT2D eigenvalue weighted by atomic mass is 9.85. The summed E-state index contributed by atoms with van der Waals surface area (Å²) in [4.78, 5) is 18.6. The Morgan fingerprint density at radius 2 is 2.14 bits per heavy atom. The van der Waals surface area contributed by atoms with Gasteiger partial charge in [-0.2, -0.15) is 0 Å². The summed E-state index contributed by atoms with van der Waals surface area (Å²) in [6.07, 6.45) is 1.76. The normalized spacial score (nSPS) is 13.6. The van der Waals surface area contributed by atoms with Gasteiger partial charge < -0.3 is 5.32 Å². The minimum absolute atomic E-state index is 0.0218. The van der Waals surface area contributed by atoms with Crippen LogP contribution in [0.2, 0.25) is 0 Å². The maximum atomic E-state index is 12.0. The average molecular weight is 333 g/mol. The number of hydrogen-bond donors (Lipinski definition) is 1. The molecule has 3 heterocycles. The van der Waals surface area contributed by atoms with E-state index in [9.17, 15) is 4.79 Å². The van der Waals surface area contributed by atoms with E-state index in [0.717, 1.165) is 10.7 Å². The third-order valence-corrected chi connectivity index (χ3v) is 5.23. The van der Waals surface area contributed by atoms with E-state index in [0.29, 0.717) is 6.54 Å². The zero-order chi connectivity index (χ0) is 15.7. The fraction of sp³-hybridized carbons (Fsp3) is 0.375. The smallest absolute Gasteiger partial charge is 0.258 e. The number of nitrogens with zero attached hydrogens (tertiary/aromatic N) is 2. The van der Waals surface area contributed by atoms with Crippen molar-refractivity contribution in [2.24, 2.45) is 5.41 Å². The van der Waals surface area contributed by atoms with E-state index in [2.05, 4.69) is 48.6 Å². The largest absolute Gasteiger partial charge is 0.303 e. The second-order valence-electron chi connectivity index (χ2n) is 6.34. The number of aromatic nitrogens is 2. The molecule has 0 aliphatic carbocycles. The van der Waals surface area contributed by atoms with Gasteiger partial charge in [-0.05, 0) is 16.9 Å². The average Bonchev–Trinajstić information content (AvgIpc) is 3.07. The summed E-state index contributed by atoms with van der Waals surface area (Å²) in [6.45, 7) is 7.24. The van der Waals surface area contributed by atoms with E-state index in [1.165, 1.54) is 16.2 Å². The van der Waals surface area contributed by atoms with Gasteiger partial charge in [-0.1, -0.05) is 26.8 Å². The third-order valence-electron chi connectivity index (χ3n) is 3.54. The summed E-state index contributed by atoms with van der Waals surface area (Å²) in [5.74, 6) is 0. The SMILES string of the molecule is CC(C)(C)C(NCc1cc(=O)n2ccsc2n1)c1cccs1. The van der Waals surface area contributed by atoms with Crippen LogP contribution in [-0.2, 0) is 6.54 Å². The number of fused-ring (bicyclic) bond motifs is 1. The molecule has 1 atom stereocenters. The first-order valence-electron chi connectivity index (χ1n) is 7.18. The number of nitrogens with one attached hydrogen (secondary N) is 1. The Kier molecular flexibility index (Phi) is 4.16. The van der Waals surface area contributed by atoms with E-state index >= 15 is 0 Å². The molecule has 22 heavy (non-hydrogen) atoms. The Labute approximate surface area is 137 Å². The zero-order valence-electron chi connectivity index (χ0n) is 12.9. The fourth-order valence-corrected chi connectivity index (χ4v) is 4.26. The minimum Gasteiger partial charge on any atom is -0.303 e. The van der Waals surface area contributed by atoms with E-state index < -0.39 is 0 Å². The van der Waals surface area contributed by atoms with Crippen LogP contribution in [0.25, 0.3) is 4.96 Å². The van der Waals surface area contributed by atoms with Crippen molar-refractivity contribution < 1.29 is 0 Å². The highest BCUT2D eigenvalue weighted by atomic mass is 32.1. The van der Waals surface area contributed by atoms with Crippen molar-refractivity contribution in [1.82, 2.24) is 14.7 Å². The van der Waals surface area contributed by atoms with Crippen LogP contribution in [0.3, 0.4) is 0 Å². The summed E-state index contributed by atoms with van der Waals surface area (Å²) in [6, 6.07) is 6.07. The lowest BCUT2D eigenvalue weighted by Crippen LogP contribution is -2.32. The second-order valence-corrected chi connectivity index (χ2v) is 8.19. The van der Waals surface area contributed by atoms with Crippen LogP contribution in [0.4, 0.5) is 0 Å². The van der Waals surface area contributed by atoms with Crippen LogP contribution in [0, 0.1) is 5.41 Å². The van der Waals surface area contributed by atoms with Crippen LogP contribution in [0.1, 0.15) is 37.4 Å². The maximum absolute atomic E-state index is 12.0. The predicted octanol–water partition coefficient (Wildman–Crippen LogP) is 3.69. The monoisotopic (exact) mass is 333 g/mol. The molecule has 0 aromatic carbocycles. The van der Waals surface area contributed by atoms with Crippen LogP contribution >= 0.6 is 22.7 Å². The van der Waals surface area contributed by atoms with Crippen molar-refractivity contribution in [3.8, 4) is 0 Å². The van der Waals surface area contributed by atoms with Gasteiger partial charge in [0.05, 0.1) is 5.69 Å². The molecule has 0 aliphatic rings. The van der Waals surface area contributed by atoms with Gasteiger partial charge in [0.2, 0.25) is 0 Å². The molecule has 1 unspecified atom stereocenters. The number of thiophene rings is 1. The molecule has 0 spiro atoms. The predicted molar refractivity (Wildman–Crippen MR) is 92.7 cm³/mol. The molecule has 0 saturated heterocycles. The Bertz CT molecular complexity index is 812. The Morgan fingerprint density at radius 3 is 2.82 bits per heavy atom. The van der Waals surface area contributed by atoms with Crippen molar-refractivity contribution in [2.45, 2.75) is 33.4 Å². The van der Waals surface area contributed by atoms with Crippen molar-refractivity contribution in [3.05, 3.63) is 56.1 Å². The molecular formula is C16H19N3OS2. The molecule has 3 aromatic rings. The summed E-state index contributed by atoms with van der Waals surface area (Å²) >= 11 is 3.23. The van der Waals surface area contributed by atoms with Crippen molar-refractivity contribution in [1.29, 1.82) is 0 Å². The van der Waals surface area contributed by atoms with E-state index in [1.807, 2.05) is 5.38 Å². The molecule has 0 radical (unpaired) electrons. The molecule has 3 aromatic heterocycles. The molecule has 4 nitrogen and oxygen atoms in total. The van der Waals surface area contributed by atoms with Crippen molar-refractivity contribution in [2.75, 3.05) is 0 Å². The standard InChI is InChI=1S/C16H19N3OS2/c1-16(2,3)14(12-5-4-7-21-12)17-10-11-9-13(20)19-6-8-22-15(19)18-11/h4-9,14,17H,10H2,1-3H3. The molecule has 0 saturated carbocycles. The molecule has 1 N–H and O–H groups in total. The summed E-state index contributed by atoms with van der Waals surface area (Å²) < 4.78 is 1.58. The number of thiazole rings is 1. The van der Waals surface area contributed by atoms with Crippen LogP contribution in [0.5, 0.6) is 0 Å². The van der Waals surface area contributed by atoms with E-state index in [-0.39, 0.29) is 17.0 Å². The number of hydrogen-bond acceptors (Lipinski definition) is 5. The summed E-state index contributed by atoms with van der Waals surface area (Å²) in [5, 5.41) is 7.54. The topological polar surface area (TPSA) is 46.4 Å². The molecule has 0 aliphatic heterocycles. The second kappa shape index (κ2) is 5.95. The lowest BCUT2D eigenvalue weighted by molar-refractivity contribution is 0.274. The Morgan fingerprint density at radius 1 is 1.32 bits per heavy atom. The van der Waals surface area contributed by atoms with Gasteiger partial charge in [-0.3, -0.25) is 9.20 Å². The zero-order valence-corrected chi connectivity index (χ0v) is 14.5. The lowest BCUT2D eigenvalue weighted by Gasteiger charge is -2.31. The highest BCUT2D eigenvalue weighted by Crippen LogP contribution is 2.35. The molecule has 3 rings (SSSR count). The molecule has 6 heteroatoms. The molecule has 116 valence electrons. The highest BCUT2D eigenvalue weighted by Gasteiger charge is 2.26. The first kappa shape index (κ1) is 15.4. The number of rotatable bonds is 4. The summed E-state index contributed by atoms with van der Waals surface area (Å²) in [7, 11) is 0. The fourth-order valence-electron chi connectivity index (χ4n) is 2.47. The first-order valence-corrected chi connectivity index (χ1v) is 8.93. The highest BCUT2D eigenvalue weighted by molar-refractivity contribution is 7.15. The quantitative estimate of drug-likeness (QED) is 0.792. The molecule has 0 amide bonds. The molecule has 0 bridgehead atoms. The summed E-state index contributed by atoms with van der Waals surface area (Å²) in [5.41, 5.74) is 0.858. The minimum atomic E-state index is -0.0218. The molecular weight excluding hydrogens is 314 g/mol. The third kappa shape index (κ3) is 3.14. The van der Waals surface area contributed by atoms with Gasteiger partial charge in [0, 0.05) is 35.1 Å². The van der Waals surface area contributed by atoms with Gasteiger partial charge in [0.15, 0.2) is 4.96 Å². The van der Waals surface area contributed by atoms with Crippen LogP contribution in [0.15, 0.2) is 40.0 Å². The molecule has 0 fully saturated rings. The van der Waals surface area contributed by atoms with Gasteiger partial charge in [0.1, 0.15) is 0 Å². The Balaban J connectivity index is 1.83.